The third-order valence-corrected chi connectivity index (χ3v) is 4.10. The number of nitrogens with zero attached hydrogens (tertiary/aromatic N) is 3. The highest BCUT2D eigenvalue weighted by Gasteiger charge is 2.24. The molecule has 1 unspecified atom stereocenters. The lowest BCUT2D eigenvalue weighted by Gasteiger charge is -2.28. The zero-order valence-corrected chi connectivity index (χ0v) is 13.7. The Morgan fingerprint density at radius 1 is 1.25 bits per heavy atom. The Morgan fingerprint density at radius 3 is 2.55 bits per heavy atom. The molecule has 2 rings (SSSR count). The van der Waals surface area contributed by atoms with Gasteiger partial charge in [0.1, 0.15) is 6.33 Å². The summed E-state index contributed by atoms with van der Waals surface area (Å²) in [5.74, 6) is 0.408. The van der Waals surface area contributed by atoms with Gasteiger partial charge in [-0.3, -0.25) is 0 Å². The molecule has 1 aromatic carbocycles. The minimum Gasteiger partial charge on any atom is -0.462 e. The summed E-state index contributed by atoms with van der Waals surface area (Å²) < 4.78 is 7.43. The summed E-state index contributed by atoms with van der Waals surface area (Å²) in [4.78, 5) is 4.20. The molecule has 1 atom stereocenters. The van der Waals surface area contributed by atoms with E-state index in [1.54, 1.807) is 11.0 Å². The minimum absolute atomic E-state index is 0.186. The zero-order valence-electron chi connectivity index (χ0n) is 12.1. The fraction of sp³-hybridized carbons (Fsp3) is 0.467. The maximum Gasteiger partial charge on any atom is 0.335 e. The summed E-state index contributed by atoms with van der Waals surface area (Å²) in [5, 5.41) is 5.24. The van der Waals surface area contributed by atoms with E-state index in [1.165, 1.54) is 0 Å². The molecule has 1 aromatic heterocycles. The molecule has 20 heavy (non-hydrogen) atoms. The van der Waals surface area contributed by atoms with Gasteiger partial charge in [-0.25, -0.2) is 4.68 Å². The van der Waals surface area contributed by atoms with E-state index in [-0.39, 0.29) is 5.41 Å². The molecule has 0 saturated carbocycles. The van der Waals surface area contributed by atoms with Crippen molar-refractivity contribution in [3.63, 3.8) is 0 Å². The van der Waals surface area contributed by atoms with Gasteiger partial charge in [-0.05, 0) is 17.5 Å². The monoisotopic (exact) mass is 337 g/mol. The maximum atomic E-state index is 5.71. The fourth-order valence-corrected chi connectivity index (χ4v) is 2.88. The van der Waals surface area contributed by atoms with Gasteiger partial charge in [-0.15, -0.1) is 5.10 Å². The standard InChI is InChI=1S/C15H20BrN3O/c1-15(2,3)12(9-16)10-20-14-17-11-19(18-14)13-7-5-4-6-8-13/h4-8,11-12H,9-10H2,1-3H3. The number of rotatable bonds is 5. The summed E-state index contributed by atoms with van der Waals surface area (Å²) >= 11 is 3.54. The van der Waals surface area contributed by atoms with Crippen LogP contribution in [-0.4, -0.2) is 26.7 Å². The van der Waals surface area contributed by atoms with Crippen molar-refractivity contribution in [1.29, 1.82) is 0 Å². The predicted octanol–water partition coefficient (Wildman–Crippen LogP) is 3.70. The first-order valence-electron chi connectivity index (χ1n) is 6.66. The van der Waals surface area contributed by atoms with Gasteiger partial charge >= 0.3 is 6.01 Å². The Morgan fingerprint density at radius 2 is 1.95 bits per heavy atom. The Kier molecular flexibility index (Phi) is 4.81. The van der Waals surface area contributed by atoms with Crippen molar-refractivity contribution >= 4 is 15.9 Å². The molecule has 5 heteroatoms. The topological polar surface area (TPSA) is 39.9 Å². The second-order valence-electron chi connectivity index (χ2n) is 5.84. The molecule has 0 fully saturated rings. The average Bonchev–Trinajstić information content (AvgIpc) is 2.88. The quantitative estimate of drug-likeness (QED) is 0.781. The highest BCUT2D eigenvalue weighted by Crippen LogP contribution is 2.27. The van der Waals surface area contributed by atoms with E-state index in [2.05, 4.69) is 46.8 Å². The van der Waals surface area contributed by atoms with E-state index in [1.807, 2.05) is 30.3 Å². The van der Waals surface area contributed by atoms with Crippen molar-refractivity contribution in [2.45, 2.75) is 20.8 Å². The van der Waals surface area contributed by atoms with E-state index < -0.39 is 0 Å². The van der Waals surface area contributed by atoms with Crippen LogP contribution in [0.4, 0.5) is 0 Å². The van der Waals surface area contributed by atoms with E-state index >= 15 is 0 Å². The molecule has 0 N–H and O–H groups in total. The zero-order chi connectivity index (χ0) is 14.6. The Balaban J connectivity index is 2.00. The van der Waals surface area contributed by atoms with Crippen molar-refractivity contribution in [2.75, 3.05) is 11.9 Å². The fourth-order valence-electron chi connectivity index (χ4n) is 1.72. The van der Waals surface area contributed by atoms with Gasteiger partial charge < -0.3 is 4.74 Å². The second kappa shape index (κ2) is 6.39. The summed E-state index contributed by atoms with van der Waals surface area (Å²) in [7, 11) is 0. The molecular weight excluding hydrogens is 318 g/mol. The molecule has 2 aromatic rings. The van der Waals surface area contributed by atoms with Crippen LogP contribution in [0.2, 0.25) is 0 Å². The average molecular weight is 338 g/mol. The van der Waals surface area contributed by atoms with Gasteiger partial charge in [0, 0.05) is 11.2 Å². The SMILES string of the molecule is CC(C)(C)C(CBr)COc1ncn(-c2ccccc2)n1. The van der Waals surface area contributed by atoms with Crippen molar-refractivity contribution in [1.82, 2.24) is 14.8 Å². The van der Waals surface area contributed by atoms with Crippen LogP contribution in [0.15, 0.2) is 36.7 Å². The Bertz CT molecular complexity index is 534. The van der Waals surface area contributed by atoms with Crippen LogP contribution >= 0.6 is 15.9 Å². The first-order chi connectivity index (χ1) is 9.50. The molecule has 0 bridgehead atoms. The van der Waals surface area contributed by atoms with E-state index in [9.17, 15) is 0 Å². The summed E-state index contributed by atoms with van der Waals surface area (Å²) in [6, 6.07) is 10.3. The normalized spacial score (nSPS) is 13.2. The molecule has 4 nitrogen and oxygen atoms in total. The van der Waals surface area contributed by atoms with Crippen LogP contribution in [-0.2, 0) is 0 Å². The van der Waals surface area contributed by atoms with Crippen LogP contribution in [0.5, 0.6) is 6.01 Å². The largest absolute Gasteiger partial charge is 0.462 e. The van der Waals surface area contributed by atoms with E-state index in [4.69, 9.17) is 4.74 Å². The van der Waals surface area contributed by atoms with Crippen molar-refractivity contribution in [3.05, 3.63) is 36.7 Å². The van der Waals surface area contributed by atoms with Crippen LogP contribution in [0.3, 0.4) is 0 Å². The second-order valence-corrected chi connectivity index (χ2v) is 6.48. The third-order valence-electron chi connectivity index (χ3n) is 3.32. The third kappa shape index (κ3) is 3.82. The minimum atomic E-state index is 0.186. The van der Waals surface area contributed by atoms with E-state index in [0.717, 1.165) is 11.0 Å². The number of ether oxygens (including phenoxy) is 1. The molecule has 0 aliphatic carbocycles. The van der Waals surface area contributed by atoms with Gasteiger partial charge in [0.15, 0.2) is 0 Å². The van der Waals surface area contributed by atoms with Crippen LogP contribution in [0.1, 0.15) is 20.8 Å². The Labute approximate surface area is 128 Å². The lowest BCUT2D eigenvalue weighted by molar-refractivity contribution is 0.157. The number of hydrogen-bond donors (Lipinski definition) is 0. The molecule has 0 aliphatic rings. The van der Waals surface area contributed by atoms with Crippen molar-refractivity contribution < 1.29 is 4.74 Å². The molecular formula is C15H20BrN3O. The lowest BCUT2D eigenvalue weighted by atomic mass is 9.83. The lowest BCUT2D eigenvalue weighted by Crippen LogP contribution is -2.28. The van der Waals surface area contributed by atoms with Crippen LogP contribution in [0.25, 0.3) is 5.69 Å². The smallest absolute Gasteiger partial charge is 0.335 e. The molecule has 1 heterocycles. The van der Waals surface area contributed by atoms with Gasteiger partial charge in [-0.2, -0.15) is 4.98 Å². The number of benzene rings is 1. The number of halogens is 1. The first-order valence-corrected chi connectivity index (χ1v) is 7.78. The molecule has 0 radical (unpaired) electrons. The van der Waals surface area contributed by atoms with Gasteiger partial charge in [0.2, 0.25) is 0 Å². The number of alkyl halides is 1. The molecule has 108 valence electrons. The predicted molar refractivity (Wildman–Crippen MR) is 83.6 cm³/mol. The number of para-hydroxylation sites is 1. The van der Waals surface area contributed by atoms with Crippen molar-refractivity contribution in [2.24, 2.45) is 11.3 Å². The number of hydrogen-bond acceptors (Lipinski definition) is 3. The van der Waals surface area contributed by atoms with E-state index in [0.29, 0.717) is 18.5 Å². The molecule has 0 spiro atoms. The number of aromatic nitrogens is 3. The molecule has 0 aliphatic heterocycles. The van der Waals surface area contributed by atoms with Crippen LogP contribution in [0, 0.1) is 11.3 Å². The van der Waals surface area contributed by atoms with Crippen molar-refractivity contribution in [3.8, 4) is 11.7 Å². The molecule has 0 amide bonds. The van der Waals surface area contributed by atoms with Gasteiger partial charge in [-0.1, -0.05) is 54.9 Å². The highest BCUT2D eigenvalue weighted by atomic mass is 79.9. The summed E-state index contributed by atoms with van der Waals surface area (Å²) in [5.41, 5.74) is 1.16. The van der Waals surface area contributed by atoms with Crippen LogP contribution < -0.4 is 4.74 Å². The highest BCUT2D eigenvalue weighted by molar-refractivity contribution is 9.09. The Hall–Kier alpha value is -1.36. The first kappa shape index (κ1) is 15.0. The maximum absolute atomic E-state index is 5.71. The van der Waals surface area contributed by atoms with Gasteiger partial charge in [0.25, 0.3) is 0 Å². The molecule has 0 saturated heterocycles. The van der Waals surface area contributed by atoms with Gasteiger partial charge in [0.05, 0.1) is 12.3 Å². The summed E-state index contributed by atoms with van der Waals surface area (Å²) in [6.07, 6.45) is 1.67. The summed E-state index contributed by atoms with van der Waals surface area (Å²) in [6.45, 7) is 7.22.